The van der Waals surface area contributed by atoms with Crippen LogP contribution in [0.1, 0.15) is 11.5 Å². The van der Waals surface area contributed by atoms with Crippen molar-refractivity contribution in [3.05, 3.63) is 64.1 Å². The number of halogens is 3. The van der Waals surface area contributed by atoms with Crippen molar-refractivity contribution in [2.45, 2.75) is 17.5 Å². The van der Waals surface area contributed by atoms with Crippen LogP contribution in [-0.4, -0.2) is 26.9 Å². The first kappa shape index (κ1) is 23.0. The summed E-state index contributed by atoms with van der Waals surface area (Å²) < 4.78 is 19.9. The number of aromatic nitrogens is 4. The van der Waals surface area contributed by atoms with E-state index in [1.54, 1.807) is 16.7 Å². The second-order valence-electron chi connectivity index (χ2n) is 5.09. The summed E-state index contributed by atoms with van der Waals surface area (Å²) >= 11 is 1.39. The molecule has 1 aromatic carbocycles. The lowest BCUT2D eigenvalue weighted by Gasteiger charge is -2.09. The minimum absolute atomic E-state index is 0. The lowest BCUT2D eigenvalue weighted by atomic mass is 10.3. The topological polar surface area (TPSA) is 98.8 Å². The van der Waals surface area contributed by atoms with E-state index in [1.807, 2.05) is 0 Å². The van der Waals surface area contributed by atoms with Crippen molar-refractivity contribution in [1.82, 2.24) is 19.7 Å². The van der Waals surface area contributed by atoms with Crippen molar-refractivity contribution < 1.29 is 9.13 Å². The van der Waals surface area contributed by atoms with Gasteiger partial charge in [-0.2, -0.15) is 0 Å². The second kappa shape index (κ2) is 10.3. The van der Waals surface area contributed by atoms with E-state index in [0.29, 0.717) is 16.7 Å². The molecule has 27 heavy (non-hydrogen) atoms. The number of hydrogen-bond donors (Lipinski definition) is 2. The Kier molecular flexibility index (Phi) is 8.77. The number of ether oxygens (including phenoxy) is 1. The maximum Gasteiger partial charge on any atom is 0.223 e. The molecule has 0 aliphatic rings. The highest BCUT2D eigenvalue weighted by Crippen LogP contribution is 2.24. The van der Waals surface area contributed by atoms with E-state index in [-0.39, 0.29) is 48.4 Å². The van der Waals surface area contributed by atoms with Gasteiger partial charge in [-0.05, 0) is 24.3 Å². The smallest absolute Gasteiger partial charge is 0.223 e. The number of pyridine rings is 1. The number of aromatic amines is 1. The maximum atomic E-state index is 13.2. The van der Waals surface area contributed by atoms with Crippen molar-refractivity contribution in [1.29, 1.82) is 0 Å². The maximum absolute atomic E-state index is 13.2. The van der Waals surface area contributed by atoms with E-state index in [0.717, 1.165) is 11.4 Å². The third kappa shape index (κ3) is 5.23. The van der Waals surface area contributed by atoms with Gasteiger partial charge >= 0.3 is 0 Å². The summed E-state index contributed by atoms with van der Waals surface area (Å²) in [5, 5.41) is 8.82. The van der Waals surface area contributed by atoms with Crippen LogP contribution in [0, 0.1) is 5.82 Å². The van der Waals surface area contributed by atoms with Gasteiger partial charge < -0.3 is 15.5 Å². The number of nitrogens with two attached hydrogens (primary N) is 1. The van der Waals surface area contributed by atoms with Crippen LogP contribution in [0.2, 0.25) is 0 Å². The Morgan fingerprint density at radius 2 is 1.96 bits per heavy atom. The van der Waals surface area contributed by atoms with Gasteiger partial charge in [0.25, 0.3) is 0 Å². The highest BCUT2D eigenvalue weighted by atomic mass is 35.5. The number of nitrogens with one attached hydrogen (secondary N) is 1. The molecule has 0 spiro atoms. The van der Waals surface area contributed by atoms with Gasteiger partial charge in [0.1, 0.15) is 5.82 Å². The SMILES string of the molecule is COc1c[nH]c(CSc2nnc(CN)n2-c2ccc(F)cc2)cc1=O.Cl.Cl. The molecular formula is C16H18Cl2FN5O2S. The minimum atomic E-state index is -0.323. The van der Waals surface area contributed by atoms with Crippen LogP contribution in [0.25, 0.3) is 5.69 Å². The average molecular weight is 434 g/mol. The summed E-state index contributed by atoms with van der Waals surface area (Å²) in [5.41, 5.74) is 6.97. The fourth-order valence-corrected chi connectivity index (χ4v) is 3.15. The van der Waals surface area contributed by atoms with Crippen molar-refractivity contribution in [3.63, 3.8) is 0 Å². The van der Waals surface area contributed by atoms with Gasteiger partial charge in [-0.1, -0.05) is 11.8 Å². The molecular weight excluding hydrogens is 416 g/mol. The molecule has 0 saturated carbocycles. The van der Waals surface area contributed by atoms with Gasteiger partial charge in [0, 0.05) is 29.4 Å². The highest BCUT2D eigenvalue weighted by molar-refractivity contribution is 7.98. The summed E-state index contributed by atoms with van der Waals surface area (Å²) in [6.45, 7) is 0.199. The summed E-state index contributed by atoms with van der Waals surface area (Å²) in [6, 6.07) is 7.48. The number of H-pyrrole nitrogens is 1. The quantitative estimate of drug-likeness (QED) is 0.579. The van der Waals surface area contributed by atoms with Gasteiger partial charge in [-0.3, -0.25) is 9.36 Å². The van der Waals surface area contributed by atoms with Crippen LogP contribution in [0.15, 0.2) is 46.5 Å². The fourth-order valence-electron chi connectivity index (χ4n) is 2.26. The molecule has 3 rings (SSSR count). The molecule has 0 saturated heterocycles. The Morgan fingerprint density at radius 3 is 2.56 bits per heavy atom. The molecule has 7 nitrogen and oxygen atoms in total. The summed E-state index contributed by atoms with van der Waals surface area (Å²) in [7, 11) is 1.44. The zero-order valence-electron chi connectivity index (χ0n) is 14.2. The first-order chi connectivity index (χ1) is 12.1. The largest absolute Gasteiger partial charge is 0.491 e. The normalized spacial score (nSPS) is 10.0. The molecule has 0 unspecified atom stereocenters. The summed E-state index contributed by atoms with van der Waals surface area (Å²) in [6.07, 6.45) is 1.52. The first-order valence-electron chi connectivity index (χ1n) is 7.41. The number of thioether (sulfide) groups is 1. The fraction of sp³-hybridized carbons (Fsp3) is 0.188. The van der Waals surface area contributed by atoms with Gasteiger partial charge in [0.05, 0.1) is 13.7 Å². The number of rotatable bonds is 6. The van der Waals surface area contributed by atoms with Crippen molar-refractivity contribution in [3.8, 4) is 11.4 Å². The minimum Gasteiger partial charge on any atom is -0.491 e. The van der Waals surface area contributed by atoms with E-state index in [9.17, 15) is 9.18 Å². The Balaban J connectivity index is 0.00000182. The van der Waals surface area contributed by atoms with Crippen molar-refractivity contribution in [2.24, 2.45) is 5.73 Å². The lowest BCUT2D eigenvalue weighted by molar-refractivity contribution is 0.408. The summed E-state index contributed by atoms with van der Waals surface area (Å²) in [5.74, 6) is 0.977. The Morgan fingerprint density at radius 1 is 1.26 bits per heavy atom. The highest BCUT2D eigenvalue weighted by Gasteiger charge is 2.14. The third-order valence-electron chi connectivity index (χ3n) is 3.48. The molecule has 0 aliphatic heterocycles. The number of nitrogens with zero attached hydrogens (tertiary/aromatic N) is 3. The molecule has 0 amide bonds. The molecule has 3 N–H and O–H groups in total. The van der Waals surface area contributed by atoms with Crippen LogP contribution in [0.3, 0.4) is 0 Å². The Bertz CT molecular complexity index is 933. The Hall–Kier alpha value is -2.07. The molecule has 2 aromatic heterocycles. The second-order valence-corrected chi connectivity index (χ2v) is 6.04. The number of benzene rings is 1. The van der Waals surface area contributed by atoms with Crippen molar-refractivity contribution in [2.75, 3.05) is 7.11 Å². The zero-order valence-corrected chi connectivity index (χ0v) is 16.7. The van der Waals surface area contributed by atoms with Crippen LogP contribution < -0.4 is 15.9 Å². The molecule has 11 heteroatoms. The number of hydrogen-bond acceptors (Lipinski definition) is 6. The lowest BCUT2D eigenvalue weighted by Crippen LogP contribution is -2.08. The molecule has 3 aromatic rings. The molecule has 0 fully saturated rings. The molecule has 146 valence electrons. The van der Waals surface area contributed by atoms with Gasteiger partial charge in [-0.25, -0.2) is 4.39 Å². The van der Waals surface area contributed by atoms with E-state index in [2.05, 4.69) is 15.2 Å². The van der Waals surface area contributed by atoms with Gasteiger partial charge in [0.15, 0.2) is 16.7 Å². The predicted molar refractivity (Wildman–Crippen MR) is 107 cm³/mol. The predicted octanol–water partition coefficient (Wildman–Crippen LogP) is 2.70. The van der Waals surface area contributed by atoms with Crippen LogP contribution in [0.5, 0.6) is 5.75 Å². The Labute approximate surface area is 171 Å². The zero-order chi connectivity index (χ0) is 17.8. The van der Waals surface area contributed by atoms with E-state index < -0.39 is 0 Å². The van der Waals surface area contributed by atoms with E-state index in [1.165, 1.54) is 43.3 Å². The molecule has 2 heterocycles. The standard InChI is InChI=1S/C16H16FN5O2S.2ClH/c1-24-14-8-19-11(6-13(14)23)9-25-16-21-20-15(7-18)22(16)12-4-2-10(17)3-5-12;;/h2-6,8H,7,9,18H2,1H3,(H,19,23);2*1H. The first-order valence-corrected chi connectivity index (χ1v) is 8.39. The molecule has 0 bridgehead atoms. The molecule has 0 radical (unpaired) electrons. The van der Waals surface area contributed by atoms with Crippen LogP contribution >= 0.6 is 36.6 Å². The van der Waals surface area contributed by atoms with E-state index in [4.69, 9.17) is 10.5 Å². The van der Waals surface area contributed by atoms with E-state index >= 15 is 0 Å². The van der Waals surface area contributed by atoms with Crippen molar-refractivity contribution >= 4 is 36.6 Å². The van der Waals surface area contributed by atoms with Crippen LogP contribution in [0.4, 0.5) is 4.39 Å². The summed E-state index contributed by atoms with van der Waals surface area (Å²) in [4.78, 5) is 14.8. The average Bonchev–Trinajstić information content (AvgIpc) is 3.03. The van der Waals surface area contributed by atoms with Gasteiger partial charge in [0.2, 0.25) is 5.43 Å². The number of methoxy groups -OCH3 is 1. The van der Waals surface area contributed by atoms with Gasteiger partial charge in [-0.15, -0.1) is 35.0 Å². The van der Waals surface area contributed by atoms with Crippen LogP contribution in [-0.2, 0) is 12.3 Å². The monoisotopic (exact) mass is 433 g/mol. The third-order valence-corrected chi connectivity index (χ3v) is 4.46. The molecule has 0 aliphatic carbocycles. The molecule has 0 atom stereocenters.